The van der Waals surface area contributed by atoms with E-state index in [9.17, 15) is 0 Å². The minimum Gasteiger partial charge on any atom is -0.381 e. The van der Waals surface area contributed by atoms with E-state index in [1.165, 1.54) is 22.3 Å². The summed E-state index contributed by atoms with van der Waals surface area (Å²) in [6, 6.07) is 28.0. The van der Waals surface area contributed by atoms with Gasteiger partial charge >= 0.3 is 0 Å². The molecule has 144 valence electrons. The van der Waals surface area contributed by atoms with Crippen molar-refractivity contribution >= 4 is 11.4 Å². The van der Waals surface area contributed by atoms with Crippen LogP contribution >= 0.6 is 0 Å². The summed E-state index contributed by atoms with van der Waals surface area (Å²) in [4.78, 5) is 2.29. The van der Waals surface area contributed by atoms with E-state index in [4.69, 9.17) is 0 Å². The van der Waals surface area contributed by atoms with E-state index in [2.05, 4.69) is 103 Å². The van der Waals surface area contributed by atoms with E-state index in [1.807, 2.05) is 6.07 Å². The van der Waals surface area contributed by atoms with Gasteiger partial charge < -0.3 is 10.2 Å². The molecule has 0 fully saturated rings. The highest BCUT2D eigenvalue weighted by atomic mass is 15.1. The maximum atomic E-state index is 4.26. The molecule has 3 rings (SSSR count). The summed E-state index contributed by atoms with van der Waals surface area (Å²) in [6.45, 7) is 11.4. The zero-order valence-electron chi connectivity index (χ0n) is 17.0. The van der Waals surface area contributed by atoms with Crippen molar-refractivity contribution in [3.63, 3.8) is 0 Å². The van der Waals surface area contributed by atoms with Crippen LogP contribution in [0.25, 0.3) is 5.70 Å². The molecule has 0 atom stereocenters. The normalized spacial score (nSPS) is 10.5. The molecule has 3 aromatic carbocycles. The average molecular weight is 371 g/mol. The Morgan fingerprint density at radius 3 is 2.14 bits per heavy atom. The fourth-order valence-corrected chi connectivity index (χ4v) is 3.43. The summed E-state index contributed by atoms with van der Waals surface area (Å²) in [5, 5.41) is 3.52. The minimum atomic E-state index is 0.840. The van der Waals surface area contributed by atoms with Gasteiger partial charge in [0.1, 0.15) is 0 Å². The molecule has 0 aliphatic heterocycles. The number of hydrogen-bond acceptors (Lipinski definition) is 2. The highest BCUT2D eigenvalue weighted by Crippen LogP contribution is 2.20. The number of benzene rings is 3. The lowest BCUT2D eigenvalue weighted by molar-refractivity contribution is 0.443. The molecule has 28 heavy (non-hydrogen) atoms. The SMILES string of the molecule is C=C(c1ccc(Cc2cccc(NCc3ccccc3)c2)cc1)N(CC)CC. The lowest BCUT2D eigenvalue weighted by Gasteiger charge is -2.23. The third-order valence-corrected chi connectivity index (χ3v) is 5.11. The molecular formula is C26H30N2. The van der Waals surface area contributed by atoms with E-state index < -0.39 is 0 Å². The van der Waals surface area contributed by atoms with E-state index in [0.717, 1.165) is 37.4 Å². The molecule has 0 saturated carbocycles. The molecule has 0 spiro atoms. The van der Waals surface area contributed by atoms with Gasteiger partial charge in [0.15, 0.2) is 0 Å². The van der Waals surface area contributed by atoms with Gasteiger partial charge in [0.05, 0.1) is 0 Å². The maximum absolute atomic E-state index is 4.26. The van der Waals surface area contributed by atoms with Gasteiger partial charge in [0.2, 0.25) is 0 Å². The lowest BCUT2D eigenvalue weighted by Crippen LogP contribution is -2.20. The first kappa shape index (κ1) is 19.8. The molecule has 0 aromatic heterocycles. The van der Waals surface area contributed by atoms with Crippen molar-refractivity contribution in [3.05, 3.63) is 108 Å². The van der Waals surface area contributed by atoms with Gasteiger partial charge in [-0.25, -0.2) is 0 Å². The number of rotatable bonds is 9. The Hall–Kier alpha value is -3.00. The molecule has 0 aliphatic rings. The van der Waals surface area contributed by atoms with Gasteiger partial charge in [-0.3, -0.25) is 0 Å². The zero-order valence-corrected chi connectivity index (χ0v) is 17.0. The second kappa shape index (κ2) is 9.80. The van der Waals surface area contributed by atoms with Crippen LogP contribution in [0.3, 0.4) is 0 Å². The standard InChI is InChI=1S/C26H30N2/c1-4-28(5-2)21(3)25-16-14-22(15-17-25)18-24-12-9-13-26(19-24)27-20-23-10-7-6-8-11-23/h6-17,19,27H,3-5,18,20H2,1-2H3. The molecule has 0 saturated heterocycles. The average Bonchev–Trinajstić information content (AvgIpc) is 2.75. The van der Waals surface area contributed by atoms with Crippen LogP contribution in [0, 0.1) is 0 Å². The van der Waals surface area contributed by atoms with Crippen molar-refractivity contribution in [2.75, 3.05) is 18.4 Å². The second-order valence-corrected chi connectivity index (χ2v) is 7.03. The molecule has 2 heteroatoms. The van der Waals surface area contributed by atoms with E-state index in [0.29, 0.717) is 0 Å². The fourth-order valence-electron chi connectivity index (χ4n) is 3.43. The monoisotopic (exact) mass is 370 g/mol. The van der Waals surface area contributed by atoms with Crippen molar-refractivity contribution in [3.8, 4) is 0 Å². The predicted molar refractivity (Wildman–Crippen MR) is 121 cm³/mol. The quantitative estimate of drug-likeness (QED) is 0.482. The first-order chi connectivity index (χ1) is 13.7. The number of hydrogen-bond donors (Lipinski definition) is 1. The lowest BCUT2D eigenvalue weighted by atomic mass is 10.0. The van der Waals surface area contributed by atoms with E-state index in [-0.39, 0.29) is 0 Å². The Morgan fingerprint density at radius 1 is 0.786 bits per heavy atom. The Bertz CT molecular complexity index is 878. The zero-order chi connectivity index (χ0) is 19.8. The van der Waals surface area contributed by atoms with Crippen LogP contribution in [0.5, 0.6) is 0 Å². The van der Waals surface area contributed by atoms with E-state index in [1.54, 1.807) is 0 Å². The highest BCUT2D eigenvalue weighted by Gasteiger charge is 2.06. The van der Waals surface area contributed by atoms with Gasteiger partial charge in [-0.05, 0) is 54.7 Å². The Labute approximate surface area is 169 Å². The molecular weight excluding hydrogens is 340 g/mol. The van der Waals surface area contributed by atoms with Gasteiger partial charge in [-0.15, -0.1) is 0 Å². The van der Waals surface area contributed by atoms with Crippen LogP contribution in [-0.4, -0.2) is 18.0 Å². The Morgan fingerprint density at radius 2 is 1.46 bits per heavy atom. The van der Waals surface area contributed by atoms with Crippen molar-refractivity contribution in [1.29, 1.82) is 0 Å². The van der Waals surface area contributed by atoms with Crippen LogP contribution in [0.2, 0.25) is 0 Å². The maximum Gasteiger partial charge on any atom is 0.0400 e. The molecule has 0 aliphatic carbocycles. The summed E-state index contributed by atoms with van der Waals surface area (Å²) in [5.74, 6) is 0. The topological polar surface area (TPSA) is 15.3 Å². The smallest absolute Gasteiger partial charge is 0.0400 e. The Kier molecular flexibility index (Phi) is 6.91. The van der Waals surface area contributed by atoms with Gasteiger partial charge in [-0.1, -0.05) is 73.3 Å². The summed E-state index contributed by atoms with van der Waals surface area (Å²) >= 11 is 0. The van der Waals surface area contributed by atoms with E-state index >= 15 is 0 Å². The summed E-state index contributed by atoms with van der Waals surface area (Å²) in [6.07, 6.45) is 0.929. The third kappa shape index (κ3) is 5.26. The van der Waals surface area contributed by atoms with Gasteiger partial charge in [-0.2, -0.15) is 0 Å². The van der Waals surface area contributed by atoms with Crippen LogP contribution in [0.1, 0.15) is 36.1 Å². The molecule has 2 nitrogen and oxygen atoms in total. The van der Waals surface area contributed by atoms with Crippen molar-refractivity contribution in [2.24, 2.45) is 0 Å². The van der Waals surface area contributed by atoms with Crippen LogP contribution in [-0.2, 0) is 13.0 Å². The van der Waals surface area contributed by atoms with Crippen LogP contribution < -0.4 is 5.32 Å². The first-order valence-corrected chi connectivity index (χ1v) is 10.1. The molecule has 0 bridgehead atoms. The number of nitrogens with one attached hydrogen (secondary N) is 1. The summed E-state index contributed by atoms with van der Waals surface area (Å²) in [7, 11) is 0. The van der Waals surface area contributed by atoms with Gasteiger partial charge in [0.25, 0.3) is 0 Å². The van der Waals surface area contributed by atoms with Crippen molar-refractivity contribution < 1.29 is 0 Å². The molecule has 0 heterocycles. The predicted octanol–water partition coefficient (Wildman–Crippen LogP) is 6.20. The third-order valence-electron chi connectivity index (χ3n) is 5.11. The first-order valence-electron chi connectivity index (χ1n) is 10.1. The van der Waals surface area contributed by atoms with Crippen LogP contribution in [0.15, 0.2) is 85.4 Å². The fraction of sp³-hybridized carbons (Fsp3) is 0.231. The highest BCUT2D eigenvalue weighted by molar-refractivity contribution is 5.62. The number of anilines is 1. The minimum absolute atomic E-state index is 0.840. The Balaban J connectivity index is 1.63. The van der Waals surface area contributed by atoms with Crippen molar-refractivity contribution in [2.45, 2.75) is 26.8 Å². The summed E-state index contributed by atoms with van der Waals surface area (Å²) < 4.78 is 0. The molecule has 0 unspecified atom stereocenters. The molecule has 0 radical (unpaired) electrons. The molecule has 3 aromatic rings. The second-order valence-electron chi connectivity index (χ2n) is 7.03. The molecule has 0 amide bonds. The van der Waals surface area contributed by atoms with Crippen LogP contribution in [0.4, 0.5) is 5.69 Å². The molecule has 1 N–H and O–H groups in total. The van der Waals surface area contributed by atoms with Crippen molar-refractivity contribution in [1.82, 2.24) is 4.90 Å². The largest absolute Gasteiger partial charge is 0.381 e. The van der Waals surface area contributed by atoms with Gasteiger partial charge in [0, 0.05) is 31.0 Å². The summed E-state index contributed by atoms with van der Waals surface area (Å²) in [5.41, 5.74) is 7.38. The number of nitrogens with zero attached hydrogens (tertiary/aromatic N) is 1.